The number of rotatable bonds is 4. The molecule has 1 heterocycles. The van der Waals surface area contributed by atoms with Gasteiger partial charge in [0.15, 0.2) is 0 Å². The third-order valence-corrected chi connectivity index (χ3v) is 2.79. The molecular formula is C14H19N3O. The van der Waals surface area contributed by atoms with E-state index in [1.165, 1.54) is 0 Å². The molecule has 0 aliphatic rings. The van der Waals surface area contributed by atoms with Crippen molar-refractivity contribution in [3.63, 3.8) is 0 Å². The Kier molecular flexibility index (Phi) is 3.67. The first kappa shape index (κ1) is 12.6. The van der Waals surface area contributed by atoms with Gasteiger partial charge in [-0.05, 0) is 31.5 Å². The van der Waals surface area contributed by atoms with Gasteiger partial charge in [-0.2, -0.15) is 5.10 Å². The molecule has 0 spiro atoms. The fourth-order valence-electron chi connectivity index (χ4n) is 1.93. The van der Waals surface area contributed by atoms with Gasteiger partial charge in [0, 0.05) is 19.2 Å². The van der Waals surface area contributed by atoms with Crippen molar-refractivity contribution in [1.82, 2.24) is 9.78 Å². The van der Waals surface area contributed by atoms with Crippen LogP contribution in [-0.2, 0) is 13.6 Å². The van der Waals surface area contributed by atoms with E-state index in [-0.39, 0.29) is 6.10 Å². The zero-order valence-electron chi connectivity index (χ0n) is 11.1. The van der Waals surface area contributed by atoms with Crippen molar-refractivity contribution >= 4 is 0 Å². The molecule has 0 saturated heterocycles. The molecule has 0 aliphatic heterocycles. The number of aromatic nitrogens is 2. The predicted molar refractivity (Wildman–Crippen MR) is 72.3 cm³/mol. The molecule has 18 heavy (non-hydrogen) atoms. The summed E-state index contributed by atoms with van der Waals surface area (Å²) in [6.07, 6.45) is 2.04. The summed E-state index contributed by atoms with van der Waals surface area (Å²) in [6.45, 7) is 4.51. The highest BCUT2D eigenvalue weighted by Gasteiger charge is 2.09. The van der Waals surface area contributed by atoms with Gasteiger partial charge in [-0.1, -0.05) is 12.1 Å². The van der Waals surface area contributed by atoms with Crippen LogP contribution < -0.4 is 10.5 Å². The summed E-state index contributed by atoms with van der Waals surface area (Å²) < 4.78 is 7.43. The van der Waals surface area contributed by atoms with Crippen LogP contribution in [0.3, 0.4) is 0 Å². The molecule has 0 atom stereocenters. The molecule has 96 valence electrons. The van der Waals surface area contributed by atoms with Crippen LogP contribution in [0.2, 0.25) is 0 Å². The molecule has 2 rings (SSSR count). The van der Waals surface area contributed by atoms with E-state index in [0.717, 1.165) is 22.6 Å². The van der Waals surface area contributed by atoms with Gasteiger partial charge in [0.05, 0.1) is 18.0 Å². The molecular weight excluding hydrogens is 226 g/mol. The zero-order valence-corrected chi connectivity index (χ0v) is 11.1. The molecule has 0 aliphatic carbocycles. The van der Waals surface area contributed by atoms with Gasteiger partial charge >= 0.3 is 0 Å². The molecule has 0 radical (unpaired) electrons. The lowest BCUT2D eigenvalue weighted by Gasteiger charge is -2.10. The third-order valence-electron chi connectivity index (χ3n) is 2.79. The minimum absolute atomic E-state index is 0.189. The van der Waals surface area contributed by atoms with Crippen molar-refractivity contribution in [2.75, 3.05) is 0 Å². The summed E-state index contributed by atoms with van der Waals surface area (Å²) in [7, 11) is 1.90. The van der Waals surface area contributed by atoms with Crippen LogP contribution in [0.15, 0.2) is 30.5 Å². The number of nitrogens with zero attached hydrogens (tertiary/aromatic N) is 2. The van der Waals surface area contributed by atoms with E-state index in [0.29, 0.717) is 6.54 Å². The van der Waals surface area contributed by atoms with Gasteiger partial charge in [-0.3, -0.25) is 4.68 Å². The number of hydrogen-bond acceptors (Lipinski definition) is 3. The van der Waals surface area contributed by atoms with Crippen molar-refractivity contribution < 1.29 is 4.74 Å². The Balaban J connectivity index is 2.28. The lowest BCUT2D eigenvalue weighted by atomic mass is 10.1. The van der Waals surface area contributed by atoms with E-state index in [1.54, 1.807) is 0 Å². The summed E-state index contributed by atoms with van der Waals surface area (Å²) in [6, 6.07) is 8.02. The maximum Gasteiger partial charge on any atom is 0.119 e. The normalized spacial score (nSPS) is 10.9. The van der Waals surface area contributed by atoms with Crippen molar-refractivity contribution in [2.24, 2.45) is 12.8 Å². The second kappa shape index (κ2) is 5.23. The van der Waals surface area contributed by atoms with Crippen molar-refractivity contribution in [3.05, 3.63) is 36.2 Å². The van der Waals surface area contributed by atoms with Gasteiger partial charge in [-0.25, -0.2) is 0 Å². The average molecular weight is 245 g/mol. The summed E-state index contributed by atoms with van der Waals surface area (Å²) in [4.78, 5) is 0. The Bertz CT molecular complexity index is 514. The van der Waals surface area contributed by atoms with E-state index in [9.17, 15) is 0 Å². The fraction of sp³-hybridized carbons (Fsp3) is 0.357. The number of nitrogens with two attached hydrogens (primary N) is 1. The Labute approximate surface area is 107 Å². The molecule has 2 N–H and O–H groups in total. The highest BCUT2D eigenvalue weighted by Crippen LogP contribution is 2.25. The zero-order chi connectivity index (χ0) is 13.1. The van der Waals surface area contributed by atoms with Gasteiger partial charge in [-0.15, -0.1) is 0 Å². The summed E-state index contributed by atoms with van der Waals surface area (Å²) in [5, 5.41) is 4.24. The second-order valence-corrected chi connectivity index (χ2v) is 4.52. The first-order chi connectivity index (χ1) is 8.61. The fourth-order valence-corrected chi connectivity index (χ4v) is 1.93. The Morgan fingerprint density at radius 3 is 2.50 bits per heavy atom. The van der Waals surface area contributed by atoms with Crippen LogP contribution >= 0.6 is 0 Å². The highest BCUT2D eigenvalue weighted by molar-refractivity contribution is 5.66. The minimum atomic E-state index is 0.189. The Morgan fingerprint density at radius 1 is 1.28 bits per heavy atom. The molecule has 1 aromatic heterocycles. The van der Waals surface area contributed by atoms with Gasteiger partial charge in [0.2, 0.25) is 0 Å². The number of hydrogen-bond donors (Lipinski definition) is 1. The molecule has 2 aromatic rings. The summed E-state index contributed by atoms with van der Waals surface area (Å²) >= 11 is 0. The van der Waals surface area contributed by atoms with Gasteiger partial charge in [0.25, 0.3) is 0 Å². The van der Waals surface area contributed by atoms with Crippen molar-refractivity contribution in [1.29, 1.82) is 0 Å². The van der Waals surface area contributed by atoms with Crippen molar-refractivity contribution in [2.45, 2.75) is 26.5 Å². The van der Waals surface area contributed by atoms with Crippen LogP contribution in [-0.4, -0.2) is 15.9 Å². The van der Waals surface area contributed by atoms with Gasteiger partial charge < -0.3 is 10.5 Å². The Morgan fingerprint density at radius 2 is 1.94 bits per heavy atom. The van der Waals surface area contributed by atoms with Crippen molar-refractivity contribution in [3.8, 4) is 16.9 Å². The van der Waals surface area contributed by atoms with E-state index in [1.807, 2.05) is 56.0 Å². The van der Waals surface area contributed by atoms with E-state index in [4.69, 9.17) is 10.5 Å². The molecule has 0 amide bonds. The van der Waals surface area contributed by atoms with E-state index >= 15 is 0 Å². The number of ether oxygens (including phenoxy) is 1. The molecule has 4 heteroatoms. The maximum absolute atomic E-state index is 5.74. The largest absolute Gasteiger partial charge is 0.491 e. The van der Waals surface area contributed by atoms with Gasteiger partial charge in [0.1, 0.15) is 5.75 Å². The molecule has 0 unspecified atom stereocenters. The first-order valence-electron chi connectivity index (χ1n) is 6.10. The molecule has 0 fully saturated rings. The smallest absolute Gasteiger partial charge is 0.119 e. The molecule has 0 saturated carbocycles. The lowest BCUT2D eigenvalue weighted by molar-refractivity contribution is 0.242. The summed E-state index contributed by atoms with van der Waals surface area (Å²) in [5.41, 5.74) is 8.97. The Hall–Kier alpha value is -1.81. The first-order valence-corrected chi connectivity index (χ1v) is 6.10. The molecule has 4 nitrogen and oxygen atoms in total. The van der Waals surface area contributed by atoms with E-state index in [2.05, 4.69) is 5.10 Å². The van der Waals surface area contributed by atoms with Crippen LogP contribution in [0.25, 0.3) is 11.1 Å². The monoisotopic (exact) mass is 245 g/mol. The number of aryl methyl sites for hydroxylation is 1. The molecule has 0 bridgehead atoms. The van der Waals surface area contributed by atoms with Crippen LogP contribution in [0.4, 0.5) is 0 Å². The average Bonchev–Trinajstić information content (AvgIpc) is 2.70. The quantitative estimate of drug-likeness (QED) is 0.899. The maximum atomic E-state index is 5.74. The topological polar surface area (TPSA) is 53.1 Å². The molecule has 1 aromatic carbocycles. The number of benzene rings is 1. The SMILES string of the molecule is CC(C)Oc1ccc(-c2cnn(C)c2CN)cc1. The highest BCUT2D eigenvalue weighted by atomic mass is 16.5. The lowest BCUT2D eigenvalue weighted by Crippen LogP contribution is -2.06. The predicted octanol–water partition coefficient (Wildman–Crippen LogP) is 2.33. The van der Waals surface area contributed by atoms with E-state index < -0.39 is 0 Å². The summed E-state index contributed by atoms with van der Waals surface area (Å²) in [5.74, 6) is 0.881. The van der Waals surface area contributed by atoms with Crippen LogP contribution in [0.5, 0.6) is 5.75 Å². The third kappa shape index (κ3) is 2.54. The second-order valence-electron chi connectivity index (χ2n) is 4.52. The minimum Gasteiger partial charge on any atom is -0.491 e. The van der Waals surface area contributed by atoms with Crippen LogP contribution in [0.1, 0.15) is 19.5 Å². The standard InChI is InChI=1S/C14H19N3O/c1-10(2)18-12-6-4-11(5-7-12)13-9-16-17(3)14(13)8-15/h4-7,9-10H,8,15H2,1-3H3. The van der Waals surface area contributed by atoms with Crippen LogP contribution in [0, 0.1) is 0 Å².